The van der Waals surface area contributed by atoms with Crippen LogP contribution < -0.4 is 0 Å². The van der Waals surface area contributed by atoms with Crippen molar-refractivity contribution < 1.29 is 8.78 Å². The van der Waals surface area contributed by atoms with Crippen LogP contribution in [0.5, 0.6) is 0 Å². The third kappa shape index (κ3) is 4.02. The molecule has 0 heterocycles. The Morgan fingerprint density at radius 1 is 1.08 bits per heavy atom. The first-order chi connectivity index (χ1) is 6.33. The fourth-order valence-electron chi connectivity index (χ4n) is 1.29. The van der Waals surface area contributed by atoms with Crippen LogP contribution in [0.25, 0.3) is 0 Å². The number of hydrogen-bond donors (Lipinski definition) is 0. The summed E-state index contributed by atoms with van der Waals surface area (Å²) in [6, 6.07) is 6.58. The van der Waals surface area contributed by atoms with E-state index in [2.05, 4.69) is 0 Å². The molecule has 0 aliphatic rings. The molecule has 0 amide bonds. The van der Waals surface area contributed by atoms with Gasteiger partial charge < -0.3 is 0 Å². The van der Waals surface area contributed by atoms with Crippen LogP contribution in [0.4, 0.5) is 8.78 Å². The monoisotopic (exact) mass is 184 g/mol. The molecule has 0 aliphatic heterocycles. The number of rotatable bonds is 5. The van der Waals surface area contributed by atoms with Gasteiger partial charge in [-0.25, -0.2) is 4.39 Å². The zero-order valence-electron chi connectivity index (χ0n) is 7.60. The zero-order chi connectivity index (χ0) is 9.52. The molecule has 0 aliphatic carbocycles. The Hall–Kier alpha value is -0.920. The quantitative estimate of drug-likeness (QED) is 0.614. The van der Waals surface area contributed by atoms with Crippen LogP contribution in [0.1, 0.15) is 24.8 Å². The Kier molecular flexibility index (Phi) is 4.44. The van der Waals surface area contributed by atoms with Crippen molar-refractivity contribution in [2.45, 2.75) is 25.7 Å². The smallest absolute Gasteiger partial charge is 0.123 e. The summed E-state index contributed by atoms with van der Waals surface area (Å²) in [6.45, 7) is -0.247. The summed E-state index contributed by atoms with van der Waals surface area (Å²) in [7, 11) is 0. The summed E-state index contributed by atoms with van der Waals surface area (Å²) in [5, 5.41) is 0. The molecule has 0 bridgehead atoms. The van der Waals surface area contributed by atoms with Gasteiger partial charge in [-0.15, -0.1) is 0 Å². The minimum Gasteiger partial charge on any atom is -0.251 e. The summed E-state index contributed by atoms with van der Waals surface area (Å²) in [4.78, 5) is 0. The summed E-state index contributed by atoms with van der Waals surface area (Å²) < 4.78 is 24.4. The molecule has 1 rings (SSSR count). The average molecular weight is 184 g/mol. The summed E-state index contributed by atoms with van der Waals surface area (Å²) in [5.41, 5.74) is 0.999. The SMILES string of the molecule is FCCCCCc1cccc(F)c1. The molecule has 72 valence electrons. The highest BCUT2D eigenvalue weighted by Crippen LogP contribution is 2.08. The van der Waals surface area contributed by atoms with Crippen molar-refractivity contribution in [3.05, 3.63) is 35.6 Å². The molecule has 0 aromatic heterocycles. The van der Waals surface area contributed by atoms with Crippen molar-refractivity contribution in [3.63, 3.8) is 0 Å². The lowest BCUT2D eigenvalue weighted by molar-refractivity contribution is 0.456. The number of hydrogen-bond acceptors (Lipinski definition) is 0. The molecular formula is C11H14F2. The number of aryl methyl sites for hydroxylation is 1. The van der Waals surface area contributed by atoms with E-state index < -0.39 is 0 Å². The van der Waals surface area contributed by atoms with E-state index in [-0.39, 0.29) is 12.5 Å². The van der Waals surface area contributed by atoms with Crippen LogP contribution in [0.2, 0.25) is 0 Å². The molecule has 2 heteroatoms. The summed E-state index contributed by atoms with van der Waals surface area (Å²) in [6.07, 6.45) is 3.29. The number of benzene rings is 1. The minimum absolute atomic E-state index is 0.192. The molecule has 13 heavy (non-hydrogen) atoms. The van der Waals surface area contributed by atoms with Crippen LogP contribution in [0, 0.1) is 5.82 Å². The van der Waals surface area contributed by atoms with E-state index in [1.165, 1.54) is 12.1 Å². The second-order valence-electron chi connectivity index (χ2n) is 3.13. The number of halogens is 2. The Morgan fingerprint density at radius 3 is 2.62 bits per heavy atom. The second-order valence-corrected chi connectivity index (χ2v) is 3.13. The molecule has 0 N–H and O–H groups in total. The van der Waals surface area contributed by atoms with Crippen molar-refractivity contribution in [3.8, 4) is 0 Å². The van der Waals surface area contributed by atoms with Crippen LogP contribution in [-0.4, -0.2) is 6.67 Å². The van der Waals surface area contributed by atoms with Gasteiger partial charge in [-0.1, -0.05) is 18.6 Å². The topological polar surface area (TPSA) is 0 Å². The van der Waals surface area contributed by atoms with E-state index in [0.29, 0.717) is 6.42 Å². The maximum absolute atomic E-state index is 12.7. The predicted molar refractivity (Wildman–Crippen MR) is 49.9 cm³/mol. The Bertz CT molecular complexity index is 246. The van der Waals surface area contributed by atoms with Crippen molar-refractivity contribution in [1.82, 2.24) is 0 Å². The Morgan fingerprint density at radius 2 is 1.92 bits per heavy atom. The molecular weight excluding hydrogens is 170 g/mol. The van der Waals surface area contributed by atoms with E-state index in [9.17, 15) is 8.78 Å². The fourth-order valence-corrected chi connectivity index (χ4v) is 1.29. The first kappa shape index (κ1) is 10.2. The van der Waals surface area contributed by atoms with E-state index in [1.807, 2.05) is 6.07 Å². The zero-order valence-corrected chi connectivity index (χ0v) is 7.60. The standard InChI is InChI=1S/C11H14F2/c12-8-3-1-2-5-10-6-4-7-11(13)9-10/h4,6-7,9H,1-3,5,8H2. The van der Waals surface area contributed by atoms with E-state index in [4.69, 9.17) is 0 Å². The Labute approximate surface area is 77.6 Å². The maximum Gasteiger partial charge on any atom is 0.123 e. The lowest BCUT2D eigenvalue weighted by Gasteiger charge is -2.00. The molecule has 0 radical (unpaired) electrons. The van der Waals surface area contributed by atoms with Crippen LogP contribution in [0.3, 0.4) is 0 Å². The third-order valence-electron chi connectivity index (χ3n) is 1.99. The predicted octanol–water partition coefficient (Wildman–Crippen LogP) is 3.51. The van der Waals surface area contributed by atoms with Gasteiger partial charge in [0.1, 0.15) is 5.82 Å². The number of unbranched alkanes of at least 4 members (excludes halogenated alkanes) is 2. The lowest BCUT2D eigenvalue weighted by atomic mass is 10.1. The fraction of sp³-hybridized carbons (Fsp3) is 0.455. The second kappa shape index (κ2) is 5.68. The molecule has 1 aromatic rings. The minimum atomic E-state index is -0.247. The van der Waals surface area contributed by atoms with Gasteiger partial charge in [0, 0.05) is 0 Å². The highest BCUT2D eigenvalue weighted by Gasteiger charge is 1.95. The normalized spacial score (nSPS) is 10.3. The van der Waals surface area contributed by atoms with Crippen LogP contribution in [-0.2, 0) is 6.42 Å². The maximum atomic E-state index is 12.7. The molecule has 0 saturated heterocycles. The van der Waals surface area contributed by atoms with Crippen LogP contribution >= 0.6 is 0 Å². The van der Waals surface area contributed by atoms with Gasteiger partial charge >= 0.3 is 0 Å². The highest BCUT2D eigenvalue weighted by molar-refractivity contribution is 5.16. The molecule has 0 nitrogen and oxygen atoms in total. The molecule has 0 atom stereocenters. The van der Waals surface area contributed by atoms with Crippen molar-refractivity contribution in [2.75, 3.05) is 6.67 Å². The first-order valence-electron chi connectivity index (χ1n) is 4.63. The van der Waals surface area contributed by atoms with E-state index in [0.717, 1.165) is 24.8 Å². The molecule has 0 spiro atoms. The molecule has 0 unspecified atom stereocenters. The van der Waals surface area contributed by atoms with Gasteiger partial charge in [-0.3, -0.25) is 4.39 Å². The van der Waals surface area contributed by atoms with Gasteiger partial charge in [-0.05, 0) is 37.0 Å². The summed E-state index contributed by atoms with van der Waals surface area (Å²) >= 11 is 0. The van der Waals surface area contributed by atoms with Gasteiger partial charge in [0.2, 0.25) is 0 Å². The average Bonchev–Trinajstić information content (AvgIpc) is 2.13. The van der Waals surface area contributed by atoms with Gasteiger partial charge in [-0.2, -0.15) is 0 Å². The highest BCUT2D eigenvalue weighted by atomic mass is 19.1. The largest absolute Gasteiger partial charge is 0.251 e. The van der Waals surface area contributed by atoms with Gasteiger partial charge in [0.15, 0.2) is 0 Å². The van der Waals surface area contributed by atoms with Crippen LogP contribution in [0.15, 0.2) is 24.3 Å². The van der Waals surface area contributed by atoms with E-state index in [1.54, 1.807) is 6.07 Å². The van der Waals surface area contributed by atoms with E-state index >= 15 is 0 Å². The third-order valence-corrected chi connectivity index (χ3v) is 1.99. The number of alkyl halides is 1. The summed E-state index contributed by atoms with van der Waals surface area (Å²) in [5.74, 6) is -0.192. The van der Waals surface area contributed by atoms with Gasteiger partial charge in [0.05, 0.1) is 6.67 Å². The molecule has 0 saturated carbocycles. The lowest BCUT2D eigenvalue weighted by Crippen LogP contribution is -1.87. The van der Waals surface area contributed by atoms with Gasteiger partial charge in [0.25, 0.3) is 0 Å². The molecule has 0 fully saturated rings. The van der Waals surface area contributed by atoms with Crippen molar-refractivity contribution >= 4 is 0 Å². The van der Waals surface area contributed by atoms with Crippen molar-refractivity contribution in [1.29, 1.82) is 0 Å². The first-order valence-corrected chi connectivity index (χ1v) is 4.63. The Balaban J connectivity index is 2.28. The molecule has 1 aromatic carbocycles. The van der Waals surface area contributed by atoms with Crippen molar-refractivity contribution in [2.24, 2.45) is 0 Å².